The van der Waals surface area contributed by atoms with Gasteiger partial charge in [0.1, 0.15) is 0 Å². The fraction of sp³-hybridized carbons (Fsp3) is 0.192. The smallest absolute Gasteiger partial charge is 0.262 e. The van der Waals surface area contributed by atoms with Crippen molar-refractivity contribution in [3.63, 3.8) is 0 Å². The number of carbonyl (C=O) groups is 3. The topological polar surface area (TPSA) is 59.4 Å². The molecule has 31 heavy (non-hydrogen) atoms. The maximum atomic E-state index is 13.4. The van der Waals surface area contributed by atoms with Gasteiger partial charge in [-0.25, -0.2) is 0 Å². The third-order valence-electron chi connectivity index (χ3n) is 6.51. The number of hydrogen-bond donors (Lipinski definition) is 0. The molecule has 1 atom stereocenters. The van der Waals surface area contributed by atoms with Crippen LogP contribution in [0.1, 0.15) is 39.8 Å². The molecule has 0 spiro atoms. The van der Waals surface area contributed by atoms with E-state index in [1.807, 2.05) is 72.3 Å². The van der Waals surface area contributed by atoms with E-state index in [0.29, 0.717) is 16.8 Å². The molecule has 5 heteroatoms. The van der Waals surface area contributed by atoms with Crippen molar-refractivity contribution in [3.8, 4) is 0 Å². The minimum absolute atomic E-state index is 0.0149. The van der Waals surface area contributed by atoms with Gasteiger partial charge in [-0.1, -0.05) is 54.6 Å². The lowest BCUT2D eigenvalue weighted by molar-refractivity contribution is -0.133. The fourth-order valence-electron chi connectivity index (χ4n) is 4.93. The second-order valence-electron chi connectivity index (χ2n) is 8.46. The number of hydrogen-bond acceptors (Lipinski definition) is 3. The fourth-order valence-corrected chi connectivity index (χ4v) is 4.93. The molecular formula is C26H22N2O3. The van der Waals surface area contributed by atoms with E-state index in [4.69, 9.17) is 0 Å². The summed E-state index contributed by atoms with van der Waals surface area (Å²) in [6.45, 7) is 1.77. The average molecular weight is 410 g/mol. The highest BCUT2D eigenvalue weighted by Gasteiger charge is 2.50. The van der Waals surface area contributed by atoms with Crippen molar-refractivity contribution in [2.45, 2.75) is 18.8 Å². The monoisotopic (exact) mass is 410 g/mol. The Labute approximate surface area is 179 Å². The van der Waals surface area contributed by atoms with Crippen LogP contribution in [0.5, 0.6) is 0 Å². The largest absolute Gasteiger partial charge is 0.346 e. The zero-order valence-corrected chi connectivity index (χ0v) is 17.7. The lowest BCUT2D eigenvalue weighted by Gasteiger charge is -2.37. The first-order chi connectivity index (χ1) is 14.8. The van der Waals surface area contributed by atoms with E-state index < -0.39 is 5.41 Å². The molecule has 5 nitrogen and oxygen atoms in total. The number of amides is 2. The SMILES string of the molecule is CN1C(=O)c2c(n(C)c3ccccc23)C(C)(CC(=O)c2ccc3ccccc3c2)C1=O. The summed E-state index contributed by atoms with van der Waals surface area (Å²) in [6, 6.07) is 21.1. The van der Waals surface area contributed by atoms with Crippen LogP contribution in [-0.2, 0) is 17.3 Å². The molecule has 1 aliphatic rings. The number of aromatic nitrogens is 1. The number of likely N-dealkylation sites (N-methyl/N-ethyl adjacent to an activating group) is 1. The van der Waals surface area contributed by atoms with Crippen LogP contribution in [0.3, 0.4) is 0 Å². The summed E-state index contributed by atoms with van der Waals surface area (Å²) in [4.78, 5) is 40.9. The minimum atomic E-state index is -1.14. The third-order valence-corrected chi connectivity index (χ3v) is 6.51. The van der Waals surface area contributed by atoms with Crippen LogP contribution in [0.25, 0.3) is 21.7 Å². The molecule has 0 saturated heterocycles. The highest BCUT2D eigenvalue weighted by atomic mass is 16.2. The summed E-state index contributed by atoms with van der Waals surface area (Å²) < 4.78 is 1.89. The number of imide groups is 1. The molecule has 5 rings (SSSR count). The Bertz CT molecular complexity index is 1410. The van der Waals surface area contributed by atoms with Crippen molar-refractivity contribution in [2.24, 2.45) is 7.05 Å². The minimum Gasteiger partial charge on any atom is -0.346 e. The third kappa shape index (κ3) is 2.66. The van der Waals surface area contributed by atoms with Gasteiger partial charge in [-0.3, -0.25) is 19.3 Å². The number of carbonyl (C=O) groups excluding carboxylic acids is 3. The molecule has 1 aromatic heterocycles. The second-order valence-corrected chi connectivity index (χ2v) is 8.46. The maximum Gasteiger partial charge on any atom is 0.262 e. The summed E-state index contributed by atoms with van der Waals surface area (Å²) in [5, 5.41) is 2.83. The van der Waals surface area contributed by atoms with Gasteiger partial charge in [0, 0.05) is 42.7 Å². The molecule has 0 N–H and O–H groups in total. The molecule has 154 valence electrons. The summed E-state index contributed by atoms with van der Waals surface area (Å²) in [7, 11) is 3.35. The van der Waals surface area contributed by atoms with Crippen molar-refractivity contribution >= 4 is 39.3 Å². The number of para-hydroxylation sites is 1. The van der Waals surface area contributed by atoms with Crippen LogP contribution in [0, 0.1) is 0 Å². The van der Waals surface area contributed by atoms with Crippen molar-refractivity contribution in [1.82, 2.24) is 9.47 Å². The van der Waals surface area contributed by atoms with E-state index in [0.717, 1.165) is 26.6 Å². The van der Waals surface area contributed by atoms with Gasteiger partial charge in [0.15, 0.2) is 5.78 Å². The predicted octanol–water partition coefficient (Wildman–Crippen LogP) is 4.47. The predicted molar refractivity (Wildman–Crippen MR) is 120 cm³/mol. The van der Waals surface area contributed by atoms with Gasteiger partial charge in [0.25, 0.3) is 5.91 Å². The molecule has 0 aliphatic carbocycles. The van der Waals surface area contributed by atoms with Gasteiger partial charge in [-0.2, -0.15) is 0 Å². The Hall–Kier alpha value is -3.73. The van der Waals surface area contributed by atoms with Crippen LogP contribution in [0.15, 0.2) is 66.7 Å². The number of nitrogens with zero attached hydrogens (tertiary/aromatic N) is 2. The summed E-state index contributed by atoms with van der Waals surface area (Å²) in [5.74, 6) is -0.807. The van der Waals surface area contributed by atoms with Crippen LogP contribution < -0.4 is 0 Å². The Kier molecular flexibility index (Phi) is 4.12. The normalized spacial score (nSPS) is 18.6. The van der Waals surface area contributed by atoms with E-state index in [2.05, 4.69) is 0 Å². The van der Waals surface area contributed by atoms with E-state index in [-0.39, 0.29) is 24.0 Å². The van der Waals surface area contributed by atoms with Gasteiger partial charge in [0.2, 0.25) is 5.91 Å². The highest BCUT2D eigenvalue weighted by Crippen LogP contribution is 2.42. The van der Waals surface area contributed by atoms with Gasteiger partial charge in [-0.05, 0) is 29.8 Å². The average Bonchev–Trinajstić information content (AvgIpc) is 3.09. The zero-order valence-electron chi connectivity index (χ0n) is 17.7. The maximum absolute atomic E-state index is 13.4. The van der Waals surface area contributed by atoms with E-state index in [1.165, 1.54) is 7.05 Å². The number of fused-ring (bicyclic) bond motifs is 4. The van der Waals surface area contributed by atoms with Gasteiger partial charge in [0.05, 0.1) is 11.0 Å². The number of Topliss-reactive ketones (excluding diaryl/α,β-unsaturated/α-hetero) is 1. The molecule has 0 saturated carbocycles. The van der Waals surface area contributed by atoms with E-state index in [9.17, 15) is 14.4 Å². The summed E-state index contributed by atoms with van der Waals surface area (Å²) in [5.41, 5.74) is 1.40. The van der Waals surface area contributed by atoms with Gasteiger partial charge >= 0.3 is 0 Å². The molecule has 1 aliphatic heterocycles. The number of benzene rings is 3. The van der Waals surface area contributed by atoms with Crippen LogP contribution in [0.4, 0.5) is 0 Å². The molecule has 0 bridgehead atoms. The molecule has 3 aromatic carbocycles. The van der Waals surface area contributed by atoms with Crippen LogP contribution >= 0.6 is 0 Å². The summed E-state index contributed by atoms with van der Waals surface area (Å²) in [6.07, 6.45) is -0.0149. The van der Waals surface area contributed by atoms with E-state index in [1.54, 1.807) is 13.0 Å². The van der Waals surface area contributed by atoms with Gasteiger partial charge in [-0.15, -0.1) is 0 Å². The number of aryl methyl sites for hydroxylation is 1. The number of ketones is 1. The van der Waals surface area contributed by atoms with Gasteiger partial charge < -0.3 is 4.57 Å². The molecule has 0 fully saturated rings. The van der Waals surface area contributed by atoms with Crippen molar-refractivity contribution in [1.29, 1.82) is 0 Å². The highest BCUT2D eigenvalue weighted by molar-refractivity contribution is 6.20. The molecule has 4 aromatic rings. The van der Waals surface area contributed by atoms with Crippen molar-refractivity contribution < 1.29 is 14.4 Å². The number of rotatable bonds is 3. The summed E-state index contributed by atoms with van der Waals surface area (Å²) >= 11 is 0. The molecule has 1 unspecified atom stereocenters. The molecule has 2 amide bonds. The quantitative estimate of drug-likeness (QED) is 0.370. The van der Waals surface area contributed by atoms with Crippen LogP contribution in [0.2, 0.25) is 0 Å². The first-order valence-electron chi connectivity index (χ1n) is 10.3. The molecular weight excluding hydrogens is 388 g/mol. The standard InChI is InChI=1S/C26H22N2O3/c1-26(15-21(29)18-13-12-16-8-4-5-9-17(16)14-18)23-22(24(30)28(3)25(26)31)19-10-6-7-11-20(19)27(23)2/h4-14H,15H2,1-3H3. The second kappa shape index (κ2) is 6.64. The Morgan fingerprint density at radius 1 is 0.903 bits per heavy atom. The first kappa shape index (κ1) is 19.2. The Balaban J connectivity index is 1.66. The zero-order chi connectivity index (χ0) is 21.9. The van der Waals surface area contributed by atoms with Crippen molar-refractivity contribution in [2.75, 3.05) is 7.05 Å². The van der Waals surface area contributed by atoms with Crippen molar-refractivity contribution in [3.05, 3.63) is 83.6 Å². The van der Waals surface area contributed by atoms with E-state index >= 15 is 0 Å². The molecule has 2 heterocycles. The lowest BCUT2D eigenvalue weighted by Crippen LogP contribution is -2.52. The molecule has 0 radical (unpaired) electrons. The Morgan fingerprint density at radius 2 is 1.58 bits per heavy atom. The first-order valence-corrected chi connectivity index (χ1v) is 10.3. The van der Waals surface area contributed by atoms with Crippen LogP contribution in [-0.4, -0.2) is 34.1 Å². The Morgan fingerprint density at radius 3 is 2.35 bits per heavy atom. The lowest BCUT2D eigenvalue weighted by atomic mass is 9.74.